The summed E-state index contributed by atoms with van der Waals surface area (Å²) in [5.74, 6) is 0.942. The molecule has 0 bridgehead atoms. The zero-order chi connectivity index (χ0) is 21.7. The van der Waals surface area contributed by atoms with Gasteiger partial charge in [-0.1, -0.05) is 11.6 Å². The Bertz CT molecular complexity index is 987. The van der Waals surface area contributed by atoms with E-state index in [-0.39, 0.29) is 23.5 Å². The minimum Gasteiger partial charge on any atom is -0.497 e. The maximum atomic E-state index is 12.8. The Labute approximate surface area is 182 Å². The summed E-state index contributed by atoms with van der Waals surface area (Å²) < 4.78 is 37.6. The largest absolute Gasteiger partial charge is 0.497 e. The van der Waals surface area contributed by atoms with Crippen molar-refractivity contribution in [2.45, 2.75) is 30.7 Å². The predicted molar refractivity (Wildman–Crippen MR) is 115 cm³/mol. The first-order chi connectivity index (χ1) is 14.3. The number of rotatable bonds is 7. The first kappa shape index (κ1) is 22.4. The predicted octanol–water partition coefficient (Wildman–Crippen LogP) is 3.01. The van der Waals surface area contributed by atoms with Crippen LogP contribution in [0, 0.1) is 6.92 Å². The number of piperidine rings is 1. The van der Waals surface area contributed by atoms with Crippen molar-refractivity contribution in [3.05, 3.63) is 53.1 Å². The van der Waals surface area contributed by atoms with Gasteiger partial charge in [0.1, 0.15) is 11.5 Å². The molecule has 1 fully saturated rings. The molecule has 0 saturated carbocycles. The van der Waals surface area contributed by atoms with Crippen LogP contribution < -0.4 is 14.8 Å². The molecular formula is C21H25ClN2O5S. The fourth-order valence-electron chi connectivity index (χ4n) is 3.26. The first-order valence-corrected chi connectivity index (χ1v) is 11.4. The number of halogens is 1. The van der Waals surface area contributed by atoms with Crippen LogP contribution in [0.25, 0.3) is 0 Å². The number of nitrogens with one attached hydrogen (secondary N) is 1. The minimum absolute atomic E-state index is 0.0876. The molecule has 1 amide bonds. The molecule has 3 rings (SSSR count). The SMILES string of the molecule is COc1ccc(S(=O)(=O)N2CCC(NC(=O)COc3ccc(Cl)c(C)c3)CC2)cc1. The van der Waals surface area contributed by atoms with Crippen LogP contribution in [0.1, 0.15) is 18.4 Å². The van der Waals surface area contributed by atoms with Crippen molar-refractivity contribution >= 4 is 27.5 Å². The van der Waals surface area contributed by atoms with Gasteiger partial charge in [-0.3, -0.25) is 4.79 Å². The summed E-state index contributed by atoms with van der Waals surface area (Å²) in [5, 5.41) is 3.56. The van der Waals surface area contributed by atoms with Gasteiger partial charge in [0, 0.05) is 24.2 Å². The molecular weight excluding hydrogens is 428 g/mol. The van der Waals surface area contributed by atoms with E-state index in [2.05, 4.69) is 5.32 Å². The van der Waals surface area contributed by atoms with Crippen molar-refractivity contribution in [2.24, 2.45) is 0 Å². The second-order valence-electron chi connectivity index (χ2n) is 7.12. The molecule has 0 unspecified atom stereocenters. The molecule has 1 saturated heterocycles. The maximum Gasteiger partial charge on any atom is 0.258 e. The van der Waals surface area contributed by atoms with Crippen LogP contribution in [0.5, 0.6) is 11.5 Å². The molecule has 1 N–H and O–H groups in total. The molecule has 30 heavy (non-hydrogen) atoms. The van der Waals surface area contributed by atoms with E-state index in [0.717, 1.165) is 5.56 Å². The van der Waals surface area contributed by atoms with Crippen molar-refractivity contribution in [1.29, 1.82) is 0 Å². The van der Waals surface area contributed by atoms with Crippen LogP contribution >= 0.6 is 11.6 Å². The number of sulfonamides is 1. The number of nitrogens with zero attached hydrogens (tertiary/aromatic N) is 1. The summed E-state index contributed by atoms with van der Waals surface area (Å²) in [6.07, 6.45) is 1.09. The topological polar surface area (TPSA) is 84.9 Å². The molecule has 1 heterocycles. The summed E-state index contributed by atoms with van der Waals surface area (Å²) in [6, 6.07) is 11.5. The normalized spacial score (nSPS) is 15.6. The first-order valence-electron chi connectivity index (χ1n) is 9.62. The van der Waals surface area contributed by atoms with Crippen molar-refractivity contribution < 1.29 is 22.7 Å². The minimum atomic E-state index is -3.56. The Hall–Kier alpha value is -2.29. The lowest BCUT2D eigenvalue weighted by atomic mass is 10.1. The Kier molecular flexibility index (Phi) is 7.23. The maximum absolute atomic E-state index is 12.8. The summed E-state index contributed by atoms with van der Waals surface area (Å²) in [7, 11) is -2.03. The third-order valence-electron chi connectivity index (χ3n) is 5.02. The number of benzene rings is 2. The lowest BCUT2D eigenvalue weighted by Crippen LogP contribution is -2.47. The lowest BCUT2D eigenvalue weighted by Gasteiger charge is -2.31. The Morgan fingerprint density at radius 3 is 2.37 bits per heavy atom. The molecule has 2 aromatic carbocycles. The van der Waals surface area contributed by atoms with Gasteiger partial charge in [0.15, 0.2) is 6.61 Å². The number of methoxy groups -OCH3 is 1. The molecule has 0 spiro atoms. The van der Waals surface area contributed by atoms with E-state index in [9.17, 15) is 13.2 Å². The van der Waals surface area contributed by atoms with Gasteiger partial charge >= 0.3 is 0 Å². The number of ether oxygens (including phenoxy) is 2. The number of amides is 1. The summed E-state index contributed by atoms with van der Waals surface area (Å²) in [6.45, 7) is 2.45. The van der Waals surface area contributed by atoms with E-state index in [0.29, 0.717) is 42.5 Å². The fraction of sp³-hybridized carbons (Fsp3) is 0.381. The number of carbonyl (C=O) groups excluding carboxylic acids is 1. The van der Waals surface area contributed by atoms with Gasteiger partial charge in [0.05, 0.1) is 12.0 Å². The van der Waals surface area contributed by atoms with Crippen molar-refractivity contribution in [3.8, 4) is 11.5 Å². The molecule has 7 nitrogen and oxygen atoms in total. The van der Waals surface area contributed by atoms with Gasteiger partial charge in [-0.25, -0.2) is 8.42 Å². The fourth-order valence-corrected chi connectivity index (χ4v) is 4.85. The van der Waals surface area contributed by atoms with Crippen molar-refractivity contribution in [1.82, 2.24) is 9.62 Å². The summed E-state index contributed by atoms with van der Waals surface area (Å²) >= 11 is 5.98. The Morgan fingerprint density at radius 2 is 1.77 bits per heavy atom. The highest BCUT2D eigenvalue weighted by molar-refractivity contribution is 7.89. The molecule has 0 radical (unpaired) electrons. The highest BCUT2D eigenvalue weighted by atomic mass is 35.5. The smallest absolute Gasteiger partial charge is 0.258 e. The van der Waals surface area contributed by atoms with E-state index in [1.54, 1.807) is 30.3 Å². The standard InChI is InChI=1S/C21H25ClN2O5S/c1-15-13-18(5-8-20(15)22)29-14-21(25)23-16-9-11-24(12-10-16)30(26,27)19-6-3-17(28-2)4-7-19/h3-8,13,16H,9-12,14H2,1-2H3,(H,23,25). The highest BCUT2D eigenvalue weighted by Crippen LogP contribution is 2.23. The van der Waals surface area contributed by atoms with Crippen molar-refractivity contribution in [3.63, 3.8) is 0 Å². The molecule has 1 aliphatic rings. The van der Waals surface area contributed by atoms with Crippen LogP contribution in [0.15, 0.2) is 47.4 Å². The third kappa shape index (κ3) is 5.44. The van der Waals surface area contributed by atoms with Crippen LogP contribution in [-0.4, -0.2) is 51.5 Å². The molecule has 1 aliphatic heterocycles. The van der Waals surface area contributed by atoms with E-state index in [1.807, 2.05) is 6.92 Å². The van der Waals surface area contributed by atoms with Crippen LogP contribution in [-0.2, 0) is 14.8 Å². The molecule has 0 atom stereocenters. The van der Waals surface area contributed by atoms with E-state index >= 15 is 0 Å². The van der Waals surface area contributed by atoms with Crippen molar-refractivity contribution in [2.75, 3.05) is 26.8 Å². The average Bonchev–Trinajstić information content (AvgIpc) is 2.75. The lowest BCUT2D eigenvalue weighted by molar-refractivity contribution is -0.124. The Balaban J connectivity index is 1.48. The molecule has 2 aromatic rings. The average molecular weight is 453 g/mol. The quantitative estimate of drug-likeness (QED) is 0.698. The van der Waals surface area contributed by atoms with E-state index in [4.69, 9.17) is 21.1 Å². The van der Waals surface area contributed by atoms with Gasteiger partial charge < -0.3 is 14.8 Å². The summed E-state index contributed by atoms with van der Waals surface area (Å²) in [5.41, 5.74) is 0.875. The van der Waals surface area contributed by atoms with E-state index in [1.165, 1.54) is 23.5 Å². The molecule has 9 heteroatoms. The van der Waals surface area contributed by atoms with Gasteiger partial charge in [-0.15, -0.1) is 0 Å². The van der Waals surface area contributed by atoms with Gasteiger partial charge in [0.2, 0.25) is 10.0 Å². The van der Waals surface area contributed by atoms with Gasteiger partial charge in [-0.2, -0.15) is 4.31 Å². The second-order valence-corrected chi connectivity index (χ2v) is 9.47. The Morgan fingerprint density at radius 1 is 1.13 bits per heavy atom. The second kappa shape index (κ2) is 9.68. The third-order valence-corrected chi connectivity index (χ3v) is 7.35. The number of aryl methyl sites for hydroxylation is 1. The number of hydrogen-bond donors (Lipinski definition) is 1. The van der Waals surface area contributed by atoms with Crippen LogP contribution in [0.2, 0.25) is 5.02 Å². The van der Waals surface area contributed by atoms with Crippen LogP contribution in [0.3, 0.4) is 0 Å². The summed E-state index contributed by atoms with van der Waals surface area (Å²) in [4.78, 5) is 12.4. The zero-order valence-electron chi connectivity index (χ0n) is 16.9. The number of carbonyl (C=O) groups is 1. The molecule has 0 aliphatic carbocycles. The van der Waals surface area contributed by atoms with E-state index < -0.39 is 10.0 Å². The molecule has 0 aromatic heterocycles. The molecule has 162 valence electrons. The number of hydrogen-bond acceptors (Lipinski definition) is 5. The zero-order valence-corrected chi connectivity index (χ0v) is 18.5. The highest BCUT2D eigenvalue weighted by Gasteiger charge is 2.30. The van der Waals surface area contributed by atoms with Gasteiger partial charge in [-0.05, 0) is 67.8 Å². The van der Waals surface area contributed by atoms with Crippen LogP contribution in [0.4, 0.5) is 0 Å². The van der Waals surface area contributed by atoms with Gasteiger partial charge in [0.25, 0.3) is 5.91 Å². The monoisotopic (exact) mass is 452 g/mol.